The monoisotopic (exact) mass is 469 g/mol. The molecular formula is C25H28BrNO3. The molecule has 1 amide bonds. The van der Waals surface area contributed by atoms with Crippen molar-refractivity contribution in [1.82, 2.24) is 4.90 Å². The molecule has 1 aromatic carbocycles. The summed E-state index contributed by atoms with van der Waals surface area (Å²) >= 11 is 3.53. The largest absolute Gasteiger partial charge is 0.466 e. The Hall–Kier alpha value is -2.40. The molecule has 0 bridgehead atoms. The predicted molar refractivity (Wildman–Crippen MR) is 122 cm³/mol. The van der Waals surface area contributed by atoms with Gasteiger partial charge in [-0.3, -0.25) is 4.79 Å². The molecule has 0 heterocycles. The number of carbonyl (C=O) groups excluding carboxylic acids is 2. The molecule has 1 aromatic rings. The number of methoxy groups -OCH3 is 1. The number of nitrogens with zero attached hydrogens (tertiary/aromatic N) is 1. The molecule has 0 aliphatic heterocycles. The number of allylic oxidation sites excluding steroid dienone is 6. The van der Waals surface area contributed by atoms with Crippen LogP contribution in [-0.2, 0) is 20.9 Å². The van der Waals surface area contributed by atoms with Crippen molar-refractivity contribution in [3.63, 3.8) is 0 Å². The number of esters is 1. The first kappa shape index (κ1) is 22.3. The van der Waals surface area contributed by atoms with Crippen LogP contribution < -0.4 is 0 Å². The molecule has 3 rings (SSSR count). The SMILES string of the molecule is COC(=O)/C=C/C1C=CC=CC(N(Cc2cccc(Br)c2)C(=O)C2CCCCC2)=C1. The predicted octanol–water partition coefficient (Wildman–Crippen LogP) is 5.71. The fourth-order valence-electron chi connectivity index (χ4n) is 3.90. The highest BCUT2D eigenvalue weighted by molar-refractivity contribution is 9.10. The van der Waals surface area contributed by atoms with E-state index in [-0.39, 0.29) is 23.7 Å². The number of carbonyl (C=O) groups is 2. The lowest BCUT2D eigenvalue weighted by atomic mass is 9.88. The smallest absolute Gasteiger partial charge is 0.330 e. The van der Waals surface area contributed by atoms with Crippen LogP contribution in [0.15, 0.2) is 77.0 Å². The summed E-state index contributed by atoms with van der Waals surface area (Å²) in [6.07, 6.45) is 18.4. The highest BCUT2D eigenvalue weighted by Gasteiger charge is 2.28. The third kappa shape index (κ3) is 6.30. The zero-order valence-corrected chi connectivity index (χ0v) is 18.9. The van der Waals surface area contributed by atoms with Gasteiger partial charge in [0.15, 0.2) is 0 Å². The fourth-order valence-corrected chi connectivity index (χ4v) is 4.34. The Morgan fingerprint density at radius 1 is 1.20 bits per heavy atom. The van der Waals surface area contributed by atoms with Gasteiger partial charge >= 0.3 is 5.97 Å². The zero-order valence-electron chi connectivity index (χ0n) is 17.3. The number of halogens is 1. The van der Waals surface area contributed by atoms with E-state index in [0.717, 1.165) is 41.4 Å². The van der Waals surface area contributed by atoms with Gasteiger partial charge in [0.2, 0.25) is 5.91 Å². The maximum absolute atomic E-state index is 13.5. The van der Waals surface area contributed by atoms with E-state index in [4.69, 9.17) is 4.74 Å². The van der Waals surface area contributed by atoms with E-state index in [1.165, 1.54) is 19.6 Å². The molecule has 1 unspecified atom stereocenters. The van der Waals surface area contributed by atoms with Crippen molar-refractivity contribution in [3.05, 3.63) is 82.5 Å². The maximum Gasteiger partial charge on any atom is 0.330 e. The van der Waals surface area contributed by atoms with Crippen LogP contribution in [0.4, 0.5) is 0 Å². The van der Waals surface area contributed by atoms with Gasteiger partial charge in [0, 0.05) is 28.1 Å². The van der Waals surface area contributed by atoms with Gasteiger partial charge in [-0.2, -0.15) is 0 Å². The average molecular weight is 470 g/mol. The molecule has 0 aromatic heterocycles. The number of ether oxygens (including phenoxy) is 1. The number of benzene rings is 1. The van der Waals surface area contributed by atoms with E-state index in [1.54, 1.807) is 6.08 Å². The second kappa shape index (κ2) is 11.1. The third-order valence-electron chi connectivity index (χ3n) is 5.49. The molecule has 4 nitrogen and oxygen atoms in total. The molecule has 2 aliphatic rings. The highest BCUT2D eigenvalue weighted by atomic mass is 79.9. The Bertz CT molecular complexity index is 878. The van der Waals surface area contributed by atoms with Crippen molar-refractivity contribution in [2.45, 2.75) is 38.6 Å². The minimum atomic E-state index is -0.389. The second-order valence-electron chi connectivity index (χ2n) is 7.68. The van der Waals surface area contributed by atoms with Gasteiger partial charge in [-0.05, 0) is 42.7 Å². The topological polar surface area (TPSA) is 46.6 Å². The van der Waals surface area contributed by atoms with Gasteiger partial charge in [-0.1, -0.05) is 71.6 Å². The number of rotatable bonds is 6. The van der Waals surface area contributed by atoms with Crippen molar-refractivity contribution in [1.29, 1.82) is 0 Å². The summed E-state index contributed by atoms with van der Waals surface area (Å²) in [5.41, 5.74) is 1.93. The Kier molecular flexibility index (Phi) is 8.26. The summed E-state index contributed by atoms with van der Waals surface area (Å²) in [6.45, 7) is 0.512. The molecule has 1 fully saturated rings. The van der Waals surface area contributed by atoms with Crippen LogP contribution >= 0.6 is 15.9 Å². The molecule has 0 N–H and O–H groups in total. The van der Waals surface area contributed by atoms with Gasteiger partial charge < -0.3 is 9.64 Å². The van der Waals surface area contributed by atoms with Crippen LogP contribution in [0.3, 0.4) is 0 Å². The van der Waals surface area contributed by atoms with Crippen LogP contribution in [0.5, 0.6) is 0 Å². The summed E-state index contributed by atoms with van der Waals surface area (Å²) in [4.78, 5) is 27.0. The standard InChI is InChI=1S/C25H28BrNO3/c1-30-24(28)15-14-19-8-5-6-13-23(17-19)27(18-20-9-7-12-22(26)16-20)25(29)21-10-3-2-4-11-21/h5-9,12-17,19,21H,2-4,10-11,18H2,1H3/b15-14+. The summed E-state index contributed by atoms with van der Waals surface area (Å²) < 4.78 is 5.70. The normalized spacial score (nSPS) is 19.4. The zero-order chi connectivity index (χ0) is 21.3. The second-order valence-corrected chi connectivity index (χ2v) is 8.60. The van der Waals surface area contributed by atoms with Crippen LogP contribution in [0.1, 0.15) is 37.7 Å². The lowest BCUT2D eigenvalue weighted by Gasteiger charge is -2.30. The molecule has 0 radical (unpaired) electrons. The minimum Gasteiger partial charge on any atom is -0.466 e. The fraction of sp³-hybridized carbons (Fsp3) is 0.360. The first-order valence-electron chi connectivity index (χ1n) is 10.5. The molecule has 0 saturated heterocycles. The summed E-state index contributed by atoms with van der Waals surface area (Å²) in [5.74, 6) is -0.234. The van der Waals surface area contributed by atoms with E-state index in [0.29, 0.717) is 6.54 Å². The third-order valence-corrected chi connectivity index (χ3v) is 5.99. The van der Waals surface area contributed by atoms with E-state index >= 15 is 0 Å². The number of amides is 1. The molecule has 0 spiro atoms. The lowest BCUT2D eigenvalue weighted by Crippen LogP contribution is -2.35. The molecule has 1 atom stereocenters. The van der Waals surface area contributed by atoms with Gasteiger partial charge in [0.1, 0.15) is 0 Å². The Labute approximate surface area is 187 Å². The molecule has 1 saturated carbocycles. The Balaban J connectivity index is 1.90. The van der Waals surface area contributed by atoms with Crippen LogP contribution in [-0.4, -0.2) is 23.9 Å². The van der Waals surface area contributed by atoms with E-state index in [1.807, 2.05) is 53.5 Å². The number of hydrogen-bond donors (Lipinski definition) is 0. The van der Waals surface area contributed by atoms with E-state index in [9.17, 15) is 9.59 Å². The first-order valence-corrected chi connectivity index (χ1v) is 11.2. The maximum atomic E-state index is 13.5. The molecule has 5 heteroatoms. The van der Waals surface area contributed by atoms with Crippen molar-refractivity contribution in [2.75, 3.05) is 7.11 Å². The van der Waals surface area contributed by atoms with Crippen LogP contribution in [0.25, 0.3) is 0 Å². The van der Waals surface area contributed by atoms with Gasteiger partial charge in [0.05, 0.1) is 13.7 Å². The number of hydrogen-bond acceptors (Lipinski definition) is 3. The van der Waals surface area contributed by atoms with Gasteiger partial charge in [0.25, 0.3) is 0 Å². The van der Waals surface area contributed by atoms with Crippen molar-refractivity contribution >= 4 is 27.8 Å². The lowest BCUT2D eigenvalue weighted by molar-refractivity contribution is -0.135. The summed E-state index contributed by atoms with van der Waals surface area (Å²) in [6, 6.07) is 8.07. The van der Waals surface area contributed by atoms with Gasteiger partial charge in [-0.15, -0.1) is 0 Å². The molecule has 158 valence electrons. The molecule has 30 heavy (non-hydrogen) atoms. The van der Waals surface area contributed by atoms with Crippen molar-refractivity contribution in [2.24, 2.45) is 11.8 Å². The quantitative estimate of drug-likeness (QED) is 0.395. The van der Waals surface area contributed by atoms with Gasteiger partial charge in [-0.25, -0.2) is 4.79 Å². The average Bonchev–Trinajstić information content (AvgIpc) is 3.01. The van der Waals surface area contributed by atoms with Crippen molar-refractivity contribution in [3.8, 4) is 0 Å². The molecule has 2 aliphatic carbocycles. The van der Waals surface area contributed by atoms with E-state index < -0.39 is 0 Å². The van der Waals surface area contributed by atoms with Crippen LogP contribution in [0.2, 0.25) is 0 Å². The Morgan fingerprint density at radius 3 is 2.73 bits per heavy atom. The summed E-state index contributed by atoms with van der Waals surface area (Å²) in [5, 5.41) is 0. The summed E-state index contributed by atoms with van der Waals surface area (Å²) in [7, 11) is 1.36. The Morgan fingerprint density at radius 2 is 2.00 bits per heavy atom. The van der Waals surface area contributed by atoms with Crippen molar-refractivity contribution < 1.29 is 14.3 Å². The molecular weight excluding hydrogens is 442 g/mol. The van der Waals surface area contributed by atoms with E-state index in [2.05, 4.69) is 22.0 Å². The minimum absolute atomic E-state index is 0.0699. The first-order chi connectivity index (χ1) is 14.6. The highest BCUT2D eigenvalue weighted by Crippen LogP contribution is 2.29. The van der Waals surface area contributed by atoms with Crippen LogP contribution in [0, 0.1) is 11.8 Å².